The van der Waals surface area contributed by atoms with Crippen molar-refractivity contribution in [1.82, 2.24) is 19.4 Å². The molecule has 2 aliphatic rings. The highest BCUT2D eigenvalue weighted by Gasteiger charge is 2.32. The van der Waals surface area contributed by atoms with Gasteiger partial charge in [-0.3, -0.25) is 4.79 Å². The molecule has 0 radical (unpaired) electrons. The Morgan fingerprint density at radius 2 is 1.81 bits per heavy atom. The highest BCUT2D eigenvalue weighted by atomic mass is 16.5. The van der Waals surface area contributed by atoms with Gasteiger partial charge in [-0.05, 0) is 49.9 Å². The Morgan fingerprint density at radius 1 is 1.06 bits per heavy atom. The Kier molecular flexibility index (Phi) is 5.70. The third-order valence-corrected chi connectivity index (χ3v) is 6.45. The normalized spacial score (nSPS) is 19.4. The quantitative estimate of drug-likeness (QED) is 0.606. The summed E-state index contributed by atoms with van der Waals surface area (Å²) in [6.07, 6.45) is 5.51. The van der Waals surface area contributed by atoms with Crippen LogP contribution in [-0.2, 0) is 4.74 Å². The number of carbonyl (C=O) groups is 1. The summed E-state index contributed by atoms with van der Waals surface area (Å²) in [7, 11) is 3.14. The van der Waals surface area contributed by atoms with Crippen LogP contribution in [0.1, 0.15) is 54.0 Å². The lowest BCUT2D eigenvalue weighted by Crippen LogP contribution is -2.39. The molecule has 2 aliphatic heterocycles. The Bertz CT molecular complexity index is 1090. The summed E-state index contributed by atoms with van der Waals surface area (Å²) in [5, 5.41) is 0. The van der Waals surface area contributed by atoms with E-state index >= 15 is 0 Å². The summed E-state index contributed by atoms with van der Waals surface area (Å²) < 4.78 is 19.1. The summed E-state index contributed by atoms with van der Waals surface area (Å²) in [6.45, 7) is 2.05. The minimum Gasteiger partial charge on any atom is -0.496 e. The van der Waals surface area contributed by atoms with Gasteiger partial charge in [0.25, 0.3) is 5.91 Å². The Balaban J connectivity index is 1.40. The van der Waals surface area contributed by atoms with Crippen molar-refractivity contribution in [2.45, 2.75) is 37.8 Å². The zero-order valence-corrected chi connectivity index (χ0v) is 18.5. The van der Waals surface area contributed by atoms with Crippen molar-refractivity contribution in [2.24, 2.45) is 0 Å². The average molecular weight is 437 g/mol. The van der Waals surface area contributed by atoms with Gasteiger partial charge in [-0.2, -0.15) is 0 Å². The first-order chi connectivity index (χ1) is 15.7. The Morgan fingerprint density at radius 3 is 2.47 bits per heavy atom. The molecule has 8 nitrogen and oxygen atoms in total. The van der Waals surface area contributed by atoms with E-state index in [9.17, 15) is 4.79 Å². The van der Waals surface area contributed by atoms with E-state index in [0.29, 0.717) is 30.2 Å². The molecule has 5 rings (SSSR count). The van der Waals surface area contributed by atoms with Gasteiger partial charge in [0.15, 0.2) is 5.65 Å². The fourth-order valence-electron chi connectivity index (χ4n) is 4.86. The van der Waals surface area contributed by atoms with Crippen molar-refractivity contribution in [3.8, 4) is 11.5 Å². The average Bonchev–Trinajstić information content (AvgIpc) is 3.51. The molecule has 0 aliphatic carbocycles. The SMILES string of the molecule is COc1cccc(OC)c1C(=O)N1CCC(n2c([C@@H]3CCCO3)nc3cccnc32)CC1. The number of carbonyl (C=O) groups excluding carboxylic acids is 1. The molecule has 32 heavy (non-hydrogen) atoms. The van der Waals surface area contributed by atoms with Crippen molar-refractivity contribution in [2.75, 3.05) is 33.9 Å². The summed E-state index contributed by atoms with van der Waals surface area (Å²) in [5.41, 5.74) is 2.27. The van der Waals surface area contributed by atoms with Crippen LogP contribution in [0.4, 0.5) is 0 Å². The van der Waals surface area contributed by atoms with Crippen molar-refractivity contribution in [3.63, 3.8) is 0 Å². The van der Waals surface area contributed by atoms with Crippen LogP contribution in [0.5, 0.6) is 11.5 Å². The number of hydrogen-bond acceptors (Lipinski definition) is 6. The topological polar surface area (TPSA) is 78.7 Å². The highest BCUT2D eigenvalue weighted by molar-refractivity contribution is 5.99. The van der Waals surface area contributed by atoms with Gasteiger partial charge in [-0.1, -0.05) is 6.07 Å². The molecule has 2 aromatic heterocycles. The lowest BCUT2D eigenvalue weighted by atomic mass is 10.0. The maximum Gasteiger partial charge on any atom is 0.261 e. The predicted molar refractivity (Wildman–Crippen MR) is 119 cm³/mol. The first-order valence-corrected chi connectivity index (χ1v) is 11.2. The monoisotopic (exact) mass is 436 g/mol. The third kappa shape index (κ3) is 3.58. The second-order valence-corrected chi connectivity index (χ2v) is 8.25. The molecular formula is C24H28N4O4. The van der Waals surface area contributed by atoms with Gasteiger partial charge in [0.2, 0.25) is 0 Å². The molecule has 3 aromatic rings. The maximum atomic E-state index is 13.4. The Labute approximate surface area is 187 Å². The number of fused-ring (bicyclic) bond motifs is 1. The van der Waals surface area contributed by atoms with Crippen molar-refractivity contribution < 1.29 is 19.0 Å². The van der Waals surface area contributed by atoms with Gasteiger partial charge in [0.1, 0.15) is 34.5 Å². The first-order valence-electron chi connectivity index (χ1n) is 11.2. The van der Waals surface area contributed by atoms with Crippen LogP contribution in [0.2, 0.25) is 0 Å². The zero-order chi connectivity index (χ0) is 22.1. The van der Waals surface area contributed by atoms with Gasteiger partial charge in [0.05, 0.1) is 14.2 Å². The number of pyridine rings is 1. The number of imidazole rings is 1. The van der Waals surface area contributed by atoms with Crippen molar-refractivity contribution in [3.05, 3.63) is 47.9 Å². The van der Waals surface area contributed by atoms with Gasteiger partial charge < -0.3 is 23.7 Å². The molecule has 0 bridgehead atoms. The molecule has 2 fully saturated rings. The van der Waals surface area contributed by atoms with Gasteiger partial charge in [-0.25, -0.2) is 9.97 Å². The van der Waals surface area contributed by atoms with Crippen molar-refractivity contribution in [1.29, 1.82) is 0 Å². The van der Waals surface area contributed by atoms with E-state index in [4.69, 9.17) is 19.2 Å². The van der Waals surface area contributed by atoms with E-state index < -0.39 is 0 Å². The summed E-state index contributed by atoms with van der Waals surface area (Å²) >= 11 is 0. The summed E-state index contributed by atoms with van der Waals surface area (Å²) in [4.78, 5) is 24.7. The van der Waals surface area contributed by atoms with Crippen LogP contribution in [0.3, 0.4) is 0 Å². The number of ether oxygens (including phenoxy) is 3. The van der Waals surface area contributed by atoms with E-state index in [1.165, 1.54) is 0 Å². The number of benzene rings is 1. The summed E-state index contributed by atoms with van der Waals surface area (Å²) in [5.74, 6) is 1.96. The van der Waals surface area contributed by atoms with Crippen LogP contribution < -0.4 is 9.47 Å². The van der Waals surface area contributed by atoms with Crippen molar-refractivity contribution >= 4 is 17.1 Å². The van der Waals surface area contributed by atoms with E-state index in [0.717, 1.165) is 49.3 Å². The van der Waals surface area contributed by atoms with E-state index in [1.807, 2.05) is 29.3 Å². The molecule has 2 saturated heterocycles. The minimum atomic E-state index is -0.0642. The number of amides is 1. The van der Waals surface area contributed by atoms with Crippen LogP contribution in [0.15, 0.2) is 36.5 Å². The smallest absolute Gasteiger partial charge is 0.261 e. The highest BCUT2D eigenvalue weighted by Crippen LogP contribution is 2.36. The van der Waals surface area contributed by atoms with Gasteiger partial charge >= 0.3 is 0 Å². The molecular weight excluding hydrogens is 408 g/mol. The van der Waals surface area contributed by atoms with Crippen LogP contribution in [0, 0.1) is 0 Å². The van der Waals surface area contributed by atoms with Crippen LogP contribution >= 0.6 is 0 Å². The van der Waals surface area contributed by atoms with E-state index in [-0.39, 0.29) is 18.1 Å². The number of rotatable bonds is 5. The number of nitrogens with zero attached hydrogens (tertiary/aromatic N) is 4. The molecule has 0 unspecified atom stereocenters. The standard InChI is InChI=1S/C24H28N4O4/c1-30-18-7-3-8-19(31-2)21(18)24(29)27-13-10-16(11-14-27)28-22-17(6-4-12-25-22)26-23(28)20-9-5-15-32-20/h3-4,6-8,12,16,20H,5,9-11,13-15H2,1-2H3/t20-/m0/s1. The predicted octanol–water partition coefficient (Wildman–Crippen LogP) is 3.78. The molecule has 0 saturated carbocycles. The second kappa shape index (κ2) is 8.78. The fourth-order valence-corrected chi connectivity index (χ4v) is 4.86. The lowest BCUT2D eigenvalue weighted by molar-refractivity contribution is 0.0675. The largest absolute Gasteiger partial charge is 0.496 e. The number of hydrogen-bond donors (Lipinski definition) is 0. The Hall–Kier alpha value is -3.13. The van der Waals surface area contributed by atoms with Gasteiger partial charge in [-0.15, -0.1) is 0 Å². The van der Waals surface area contributed by atoms with E-state index in [1.54, 1.807) is 26.4 Å². The van der Waals surface area contributed by atoms with Crippen LogP contribution in [0.25, 0.3) is 11.2 Å². The molecule has 1 aromatic carbocycles. The maximum absolute atomic E-state index is 13.4. The summed E-state index contributed by atoms with van der Waals surface area (Å²) in [6, 6.07) is 9.55. The second-order valence-electron chi connectivity index (χ2n) is 8.25. The number of aromatic nitrogens is 3. The van der Waals surface area contributed by atoms with Gasteiger partial charge in [0, 0.05) is 31.9 Å². The number of methoxy groups -OCH3 is 2. The molecule has 1 amide bonds. The molecule has 0 spiro atoms. The first kappa shape index (κ1) is 20.8. The third-order valence-electron chi connectivity index (χ3n) is 6.45. The lowest BCUT2D eigenvalue weighted by Gasteiger charge is -2.34. The number of piperidine rings is 1. The molecule has 0 N–H and O–H groups in total. The van der Waals surface area contributed by atoms with E-state index in [2.05, 4.69) is 9.55 Å². The zero-order valence-electron chi connectivity index (χ0n) is 18.5. The molecule has 1 atom stereocenters. The van der Waals surface area contributed by atoms with Crippen LogP contribution in [-0.4, -0.2) is 59.3 Å². The fraction of sp³-hybridized carbons (Fsp3) is 0.458. The molecule has 8 heteroatoms. The molecule has 168 valence electrons. The molecule has 4 heterocycles. The minimum absolute atomic E-state index is 0.0155. The number of likely N-dealkylation sites (tertiary alicyclic amines) is 1.